The van der Waals surface area contributed by atoms with Crippen LogP contribution in [0, 0.1) is 0 Å². The van der Waals surface area contributed by atoms with E-state index >= 15 is 0 Å². The van der Waals surface area contributed by atoms with Gasteiger partial charge in [-0.25, -0.2) is 0 Å². The van der Waals surface area contributed by atoms with E-state index in [-0.39, 0.29) is 11.9 Å². The predicted octanol–water partition coefficient (Wildman–Crippen LogP) is 0.872. The van der Waals surface area contributed by atoms with Gasteiger partial charge in [0.25, 0.3) is 0 Å². The minimum absolute atomic E-state index is 0.0378. The fourth-order valence-corrected chi connectivity index (χ4v) is 2.03. The van der Waals surface area contributed by atoms with Crippen molar-refractivity contribution in [3.05, 3.63) is 29.3 Å². The summed E-state index contributed by atoms with van der Waals surface area (Å²) in [5, 5.41) is 2.93. The molecule has 0 aromatic heterocycles. The highest BCUT2D eigenvalue weighted by molar-refractivity contribution is 5.73. The minimum Gasteiger partial charge on any atom is -0.399 e. The van der Waals surface area contributed by atoms with Gasteiger partial charge in [-0.1, -0.05) is 6.07 Å². The molecule has 0 bridgehead atoms. The van der Waals surface area contributed by atoms with Crippen LogP contribution in [0.4, 0.5) is 5.69 Å². The topological polar surface area (TPSA) is 55.1 Å². The van der Waals surface area contributed by atoms with Crippen LogP contribution in [0.5, 0.6) is 0 Å². The Morgan fingerprint density at radius 2 is 2.14 bits per heavy atom. The Labute approximate surface area is 83.3 Å². The van der Waals surface area contributed by atoms with E-state index < -0.39 is 0 Å². The molecule has 3 heteroatoms. The average molecular weight is 190 g/mol. The summed E-state index contributed by atoms with van der Waals surface area (Å²) >= 11 is 0. The minimum atomic E-state index is 0.0378. The number of nitrogens with one attached hydrogen (secondary N) is 1. The lowest BCUT2D eigenvalue weighted by atomic mass is 10.1. The summed E-state index contributed by atoms with van der Waals surface area (Å²) in [5.74, 6) is 0.0378. The quantitative estimate of drug-likeness (QED) is 0.646. The maximum Gasteiger partial charge on any atom is 0.217 e. The van der Waals surface area contributed by atoms with Gasteiger partial charge >= 0.3 is 0 Å². The van der Waals surface area contributed by atoms with Gasteiger partial charge in [0.05, 0.1) is 0 Å². The summed E-state index contributed by atoms with van der Waals surface area (Å²) in [5.41, 5.74) is 9.06. The number of amides is 1. The van der Waals surface area contributed by atoms with Gasteiger partial charge < -0.3 is 11.1 Å². The standard InChI is InChI=1S/C11H14N2O/c1-7(14)13-11-5-8-2-3-10(12)4-9(8)6-11/h2-4,11H,5-6,12H2,1H3,(H,13,14)/t11-/m0/s1. The monoisotopic (exact) mass is 190 g/mol. The van der Waals surface area contributed by atoms with E-state index in [1.54, 1.807) is 6.92 Å². The van der Waals surface area contributed by atoms with E-state index in [1.165, 1.54) is 11.1 Å². The van der Waals surface area contributed by atoms with Crippen molar-refractivity contribution in [2.45, 2.75) is 25.8 Å². The van der Waals surface area contributed by atoms with Crippen molar-refractivity contribution in [3.8, 4) is 0 Å². The summed E-state index contributed by atoms with van der Waals surface area (Å²) in [6.07, 6.45) is 1.83. The first-order valence-corrected chi connectivity index (χ1v) is 4.79. The lowest BCUT2D eigenvalue weighted by molar-refractivity contribution is -0.119. The molecule has 0 fully saturated rings. The highest BCUT2D eigenvalue weighted by atomic mass is 16.1. The Kier molecular flexibility index (Phi) is 2.15. The van der Waals surface area contributed by atoms with E-state index in [4.69, 9.17) is 5.73 Å². The number of rotatable bonds is 1. The maximum absolute atomic E-state index is 10.9. The molecule has 14 heavy (non-hydrogen) atoms. The highest BCUT2D eigenvalue weighted by Gasteiger charge is 2.21. The summed E-state index contributed by atoms with van der Waals surface area (Å²) < 4.78 is 0. The van der Waals surface area contributed by atoms with Crippen molar-refractivity contribution in [1.29, 1.82) is 0 Å². The van der Waals surface area contributed by atoms with Gasteiger partial charge in [0.2, 0.25) is 5.91 Å². The summed E-state index contributed by atoms with van der Waals surface area (Å²) in [6, 6.07) is 6.21. The molecule has 1 amide bonds. The zero-order valence-electron chi connectivity index (χ0n) is 8.21. The second-order valence-corrected chi connectivity index (χ2v) is 3.83. The zero-order chi connectivity index (χ0) is 10.1. The van der Waals surface area contributed by atoms with Crippen molar-refractivity contribution in [1.82, 2.24) is 5.32 Å². The van der Waals surface area contributed by atoms with Crippen molar-refractivity contribution in [2.24, 2.45) is 0 Å². The summed E-state index contributed by atoms with van der Waals surface area (Å²) in [4.78, 5) is 10.9. The molecular formula is C11H14N2O. The van der Waals surface area contributed by atoms with Gasteiger partial charge in [-0.15, -0.1) is 0 Å². The number of nitrogen functional groups attached to an aromatic ring is 1. The van der Waals surface area contributed by atoms with Crippen LogP contribution in [-0.2, 0) is 17.6 Å². The van der Waals surface area contributed by atoms with Gasteiger partial charge in [0, 0.05) is 18.7 Å². The molecule has 1 aromatic carbocycles. The Morgan fingerprint density at radius 1 is 1.43 bits per heavy atom. The van der Waals surface area contributed by atoms with Gasteiger partial charge in [0.15, 0.2) is 0 Å². The molecule has 0 aliphatic heterocycles. The van der Waals surface area contributed by atoms with Gasteiger partial charge in [-0.3, -0.25) is 4.79 Å². The Morgan fingerprint density at radius 3 is 2.86 bits per heavy atom. The van der Waals surface area contributed by atoms with Crippen molar-refractivity contribution in [2.75, 3.05) is 5.73 Å². The normalized spacial score (nSPS) is 19.1. The molecule has 1 aliphatic carbocycles. The molecule has 0 saturated carbocycles. The molecule has 0 unspecified atom stereocenters. The Balaban J connectivity index is 2.14. The molecule has 0 spiro atoms. The van der Waals surface area contributed by atoms with Crippen LogP contribution in [0.15, 0.2) is 18.2 Å². The zero-order valence-corrected chi connectivity index (χ0v) is 8.21. The highest BCUT2D eigenvalue weighted by Crippen LogP contribution is 2.24. The van der Waals surface area contributed by atoms with E-state index in [1.807, 2.05) is 18.2 Å². The second kappa shape index (κ2) is 3.33. The largest absolute Gasteiger partial charge is 0.399 e. The molecule has 1 atom stereocenters. The summed E-state index contributed by atoms with van der Waals surface area (Å²) in [6.45, 7) is 1.55. The molecule has 0 radical (unpaired) electrons. The first-order valence-electron chi connectivity index (χ1n) is 4.79. The van der Waals surface area contributed by atoms with Crippen LogP contribution in [-0.4, -0.2) is 11.9 Å². The van der Waals surface area contributed by atoms with Crippen LogP contribution < -0.4 is 11.1 Å². The molecule has 0 heterocycles. The molecule has 1 aliphatic rings. The number of carbonyl (C=O) groups is 1. The third-order valence-corrected chi connectivity index (χ3v) is 2.57. The number of hydrogen-bond donors (Lipinski definition) is 2. The van der Waals surface area contributed by atoms with Crippen molar-refractivity contribution >= 4 is 11.6 Å². The number of benzene rings is 1. The fourth-order valence-electron chi connectivity index (χ4n) is 2.03. The molecule has 3 nitrogen and oxygen atoms in total. The maximum atomic E-state index is 10.9. The van der Waals surface area contributed by atoms with E-state index in [0.717, 1.165) is 18.5 Å². The van der Waals surface area contributed by atoms with Crippen molar-refractivity contribution < 1.29 is 4.79 Å². The van der Waals surface area contributed by atoms with Gasteiger partial charge in [-0.2, -0.15) is 0 Å². The summed E-state index contributed by atoms with van der Waals surface area (Å²) in [7, 11) is 0. The lowest BCUT2D eigenvalue weighted by Crippen LogP contribution is -2.33. The SMILES string of the molecule is CC(=O)N[C@H]1Cc2ccc(N)cc2C1. The number of nitrogens with two attached hydrogens (primary N) is 1. The Hall–Kier alpha value is -1.51. The van der Waals surface area contributed by atoms with Crippen LogP contribution in [0.2, 0.25) is 0 Å². The Bertz CT molecular complexity index is 374. The number of anilines is 1. The van der Waals surface area contributed by atoms with Gasteiger partial charge in [-0.05, 0) is 36.1 Å². The molecular weight excluding hydrogens is 176 g/mol. The van der Waals surface area contributed by atoms with Crippen LogP contribution in [0.3, 0.4) is 0 Å². The average Bonchev–Trinajstić information content (AvgIpc) is 2.44. The smallest absolute Gasteiger partial charge is 0.217 e. The molecule has 1 aromatic rings. The van der Waals surface area contributed by atoms with Crippen LogP contribution in [0.1, 0.15) is 18.1 Å². The molecule has 3 N–H and O–H groups in total. The molecule has 74 valence electrons. The number of hydrogen-bond acceptors (Lipinski definition) is 2. The fraction of sp³-hybridized carbons (Fsp3) is 0.364. The number of carbonyl (C=O) groups excluding carboxylic acids is 1. The van der Waals surface area contributed by atoms with Crippen LogP contribution in [0.25, 0.3) is 0 Å². The van der Waals surface area contributed by atoms with E-state index in [9.17, 15) is 4.79 Å². The van der Waals surface area contributed by atoms with E-state index in [0.29, 0.717) is 0 Å². The van der Waals surface area contributed by atoms with Gasteiger partial charge in [0.1, 0.15) is 0 Å². The predicted molar refractivity (Wildman–Crippen MR) is 55.9 cm³/mol. The van der Waals surface area contributed by atoms with Crippen molar-refractivity contribution in [3.63, 3.8) is 0 Å². The lowest BCUT2D eigenvalue weighted by Gasteiger charge is -2.08. The first kappa shape index (κ1) is 9.06. The second-order valence-electron chi connectivity index (χ2n) is 3.83. The third-order valence-electron chi connectivity index (χ3n) is 2.57. The number of fused-ring (bicyclic) bond motifs is 1. The van der Waals surface area contributed by atoms with E-state index in [2.05, 4.69) is 5.32 Å². The molecule has 2 rings (SSSR count). The third kappa shape index (κ3) is 1.71. The van der Waals surface area contributed by atoms with Crippen LogP contribution >= 0.6 is 0 Å². The first-order chi connectivity index (χ1) is 6.65. The molecule has 0 saturated heterocycles.